The maximum Gasteiger partial charge on any atom is 0.337 e. The van der Waals surface area contributed by atoms with E-state index in [1.165, 1.54) is 37.4 Å². The van der Waals surface area contributed by atoms with E-state index in [1.54, 1.807) is 29.1 Å². The molecule has 1 aliphatic heterocycles. The number of Topliss-reactive ketones (excluding diaryl/α,β-unsaturated/α-hetero) is 1. The zero-order chi connectivity index (χ0) is 24.5. The van der Waals surface area contributed by atoms with Gasteiger partial charge in [-0.15, -0.1) is 0 Å². The number of nitro benzene ring substituents is 1. The number of methoxy groups -OCH3 is 1. The zero-order valence-corrected chi connectivity index (χ0v) is 18.4. The fraction of sp³-hybridized carbons (Fsp3) is 0.0385. The van der Waals surface area contributed by atoms with Crippen LogP contribution in [0.1, 0.15) is 26.3 Å². The molecule has 0 atom stereocenters. The van der Waals surface area contributed by atoms with Crippen molar-refractivity contribution in [3.8, 4) is 22.7 Å². The minimum absolute atomic E-state index is 0.0429. The molecule has 0 radical (unpaired) electrons. The molecule has 1 aromatic heterocycles. The summed E-state index contributed by atoms with van der Waals surface area (Å²) in [6.45, 7) is 0. The third-order valence-corrected chi connectivity index (χ3v) is 5.47. The number of nitro groups is 1. The summed E-state index contributed by atoms with van der Waals surface area (Å²) in [6, 6.07) is 19.9. The Morgan fingerprint density at radius 2 is 1.89 bits per heavy atom. The van der Waals surface area contributed by atoms with E-state index in [4.69, 9.17) is 9.47 Å². The van der Waals surface area contributed by atoms with Gasteiger partial charge in [0, 0.05) is 29.5 Å². The Kier molecular flexibility index (Phi) is 5.42. The summed E-state index contributed by atoms with van der Waals surface area (Å²) in [5.41, 5.74) is 2.65. The van der Waals surface area contributed by atoms with E-state index in [9.17, 15) is 19.7 Å². The number of nitrogens with zero attached hydrogens (tertiary/aromatic N) is 3. The molecule has 3 aromatic carbocycles. The lowest BCUT2D eigenvalue weighted by atomic mass is 10.0. The van der Waals surface area contributed by atoms with Crippen molar-refractivity contribution in [1.29, 1.82) is 0 Å². The number of ketones is 1. The van der Waals surface area contributed by atoms with E-state index in [0.29, 0.717) is 22.6 Å². The molecule has 0 saturated heterocycles. The standard InChI is InChI=1S/C26H17N3O6/c1-34-26(31)17-10-11-22-21(13-17)25(30)23(35-22)14-18-15-28(19-7-3-2-4-8-19)27-24(18)16-6-5-9-20(12-16)29(32)33/h2-15H,1H3. The van der Waals surface area contributed by atoms with Gasteiger partial charge in [0.2, 0.25) is 5.78 Å². The van der Waals surface area contributed by atoms with Gasteiger partial charge in [-0.3, -0.25) is 14.9 Å². The first-order valence-electron chi connectivity index (χ1n) is 10.5. The maximum absolute atomic E-state index is 13.1. The Bertz CT molecular complexity index is 1520. The molecule has 172 valence electrons. The molecular formula is C26H17N3O6. The number of benzene rings is 3. The van der Waals surface area contributed by atoms with Gasteiger partial charge in [0.25, 0.3) is 5.69 Å². The summed E-state index contributed by atoms with van der Waals surface area (Å²) in [5, 5.41) is 15.9. The number of hydrogen-bond acceptors (Lipinski definition) is 7. The Labute approximate surface area is 199 Å². The first-order chi connectivity index (χ1) is 16.9. The van der Waals surface area contributed by atoms with Crippen molar-refractivity contribution >= 4 is 23.5 Å². The van der Waals surface area contributed by atoms with Crippen LogP contribution in [0.15, 0.2) is 84.8 Å². The number of rotatable bonds is 5. The number of hydrogen-bond donors (Lipinski definition) is 0. The number of carbonyl (C=O) groups is 2. The highest BCUT2D eigenvalue weighted by molar-refractivity contribution is 6.15. The molecule has 0 aliphatic carbocycles. The van der Waals surface area contributed by atoms with Gasteiger partial charge in [-0.05, 0) is 36.4 Å². The normalized spacial score (nSPS) is 13.4. The predicted octanol–water partition coefficient (Wildman–Crippen LogP) is 4.85. The molecule has 35 heavy (non-hydrogen) atoms. The fourth-order valence-electron chi connectivity index (χ4n) is 3.77. The van der Waals surface area contributed by atoms with Crippen molar-refractivity contribution in [2.45, 2.75) is 0 Å². The number of aromatic nitrogens is 2. The van der Waals surface area contributed by atoms with Crippen LogP contribution in [0.5, 0.6) is 5.75 Å². The quantitative estimate of drug-likeness (QED) is 0.178. The number of carbonyl (C=O) groups excluding carboxylic acids is 2. The highest BCUT2D eigenvalue weighted by Gasteiger charge is 2.29. The lowest BCUT2D eigenvalue weighted by Gasteiger charge is -2.01. The van der Waals surface area contributed by atoms with Crippen LogP contribution in [-0.2, 0) is 4.74 Å². The van der Waals surface area contributed by atoms with E-state index in [0.717, 1.165) is 5.69 Å². The summed E-state index contributed by atoms with van der Waals surface area (Å²) in [5.74, 6) is -0.596. The molecule has 2 heterocycles. The van der Waals surface area contributed by atoms with Gasteiger partial charge in [-0.25, -0.2) is 9.48 Å². The van der Waals surface area contributed by atoms with Crippen molar-refractivity contribution in [3.63, 3.8) is 0 Å². The topological polar surface area (TPSA) is 114 Å². The fourth-order valence-corrected chi connectivity index (χ4v) is 3.77. The van der Waals surface area contributed by atoms with Crippen molar-refractivity contribution in [1.82, 2.24) is 9.78 Å². The van der Waals surface area contributed by atoms with Gasteiger partial charge in [0.05, 0.1) is 28.8 Å². The summed E-state index contributed by atoms with van der Waals surface area (Å²) in [6.07, 6.45) is 3.26. The second-order valence-corrected chi connectivity index (χ2v) is 7.66. The number of esters is 1. The number of fused-ring (bicyclic) bond motifs is 1. The number of ether oxygens (including phenoxy) is 2. The summed E-state index contributed by atoms with van der Waals surface area (Å²) in [7, 11) is 1.26. The molecule has 0 amide bonds. The minimum atomic E-state index is -0.560. The van der Waals surface area contributed by atoms with Gasteiger partial charge in [-0.1, -0.05) is 30.3 Å². The monoisotopic (exact) mass is 467 g/mol. The highest BCUT2D eigenvalue weighted by Crippen LogP contribution is 2.35. The van der Waals surface area contributed by atoms with Crippen LogP contribution in [0, 0.1) is 10.1 Å². The average Bonchev–Trinajstić information content (AvgIpc) is 3.45. The Morgan fingerprint density at radius 1 is 1.09 bits per heavy atom. The van der Waals surface area contributed by atoms with E-state index in [1.807, 2.05) is 30.3 Å². The van der Waals surface area contributed by atoms with Crippen molar-refractivity contribution < 1.29 is 24.0 Å². The summed E-state index contributed by atoms with van der Waals surface area (Å²) in [4.78, 5) is 35.8. The van der Waals surface area contributed by atoms with Crippen molar-refractivity contribution in [2.75, 3.05) is 7.11 Å². The zero-order valence-electron chi connectivity index (χ0n) is 18.4. The maximum atomic E-state index is 13.1. The molecule has 9 nitrogen and oxygen atoms in total. The number of non-ortho nitro benzene ring substituents is 1. The van der Waals surface area contributed by atoms with Crippen LogP contribution >= 0.6 is 0 Å². The molecule has 0 fully saturated rings. The molecular weight excluding hydrogens is 450 g/mol. The first-order valence-corrected chi connectivity index (χ1v) is 10.5. The lowest BCUT2D eigenvalue weighted by Crippen LogP contribution is -2.03. The molecule has 0 N–H and O–H groups in total. The van der Waals surface area contributed by atoms with Crippen LogP contribution in [0.3, 0.4) is 0 Å². The largest absolute Gasteiger partial charge is 0.465 e. The second-order valence-electron chi connectivity index (χ2n) is 7.66. The Balaban J connectivity index is 1.60. The molecule has 0 unspecified atom stereocenters. The molecule has 0 bridgehead atoms. The Morgan fingerprint density at radius 3 is 2.63 bits per heavy atom. The summed E-state index contributed by atoms with van der Waals surface area (Å²) >= 11 is 0. The smallest absolute Gasteiger partial charge is 0.337 e. The third kappa shape index (κ3) is 4.06. The van der Waals surface area contributed by atoms with Crippen LogP contribution in [-0.4, -0.2) is 33.6 Å². The molecule has 0 spiro atoms. The highest BCUT2D eigenvalue weighted by atomic mass is 16.6. The molecule has 0 saturated carbocycles. The van der Waals surface area contributed by atoms with Crippen molar-refractivity contribution in [3.05, 3.63) is 112 Å². The number of para-hydroxylation sites is 1. The van der Waals surface area contributed by atoms with Gasteiger partial charge >= 0.3 is 5.97 Å². The van der Waals surface area contributed by atoms with Gasteiger partial charge in [-0.2, -0.15) is 5.10 Å². The van der Waals surface area contributed by atoms with E-state index in [-0.39, 0.29) is 22.6 Å². The third-order valence-electron chi connectivity index (χ3n) is 5.47. The first kappa shape index (κ1) is 21.8. The average molecular weight is 467 g/mol. The molecule has 5 rings (SSSR count). The van der Waals surface area contributed by atoms with Gasteiger partial charge in [0.15, 0.2) is 5.76 Å². The van der Waals surface area contributed by atoms with E-state index < -0.39 is 16.7 Å². The van der Waals surface area contributed by atoms with Crippen LogP contribution in [0.2, 0.25) is 0 Å². The second kappa shape index (κ2) is 8.71. The van der Waals surface area contributed by atoms with Gasteiger partial charge in [0.1, 0.15) is 11.4 Å². The molecule has 1 aliphatic rings. The number of allylic oxidation sites excluding steroid dienone is 1. The predicted molar refractivity (Wildman–Crippen MR) is 126 cm³/mol. The SMILES string of the molecule is COC(=O)c1ccc2c(c1)C(=O)C(=Cc1cn(-c3ccccc3)nc1-c1cccc([N+](=O)[O-])c1)O2. The van der Waals surface area contributed by atoms with E-state index >= 15 is 0 Å². The van der Waals surface area contributed by atoms with Crippen LogP contribution < -0.4 is 4.74 Å². The lowest BCUT2D eigenvalue weighted by molar-refractivity contribution is -0.384. The van der Waals surface area contributed by atoms with Gasteiger partial charge < -0.3 is 9.47 Å². The van der Waals surface area contributed by atoms with Crippen molar-refractivity contribution in [2.24, 2.45) is 0 Å². The Hall–Kier alpha value is -5.05. The minimum Gasteiger partial charge on any atom is -0.465 e. The summed E-state index contributed by atoms with van der Waals surface area (Å²) < 4.78 is 12.1. The molecule has 9 heteroatoms. The van der Waals surface area contributed by atoms with E-state index in [2.05, 4.69) is 5.10 Å². The molecule has 4 aromatic rings. The van der Waals surface area contributed by atoms with Crippen LogP contribution in [0.25, 0.3) is 23.0 Å². The van der Waals surface area contributed by atoms with Crippen LogP contribution in [0.4, 0.5) is 5.69 Å².